The molecule has 0 amide bonds. The molecule has 4 nitrogen and oxygen atoms in total. The number of carbonyl (C=O) groups is 1. The third-order valence-corrected chi connectivity index (χ3v) is 4.69. The summed E-state index contributed by atoms with van der Waals surface area (Å²) in [5.74, 6) is -0.181. The largest absolute Gasteiger partial charge is 0.463 e. The van der Waals surface area contributed by atoms with Gasteiger partial charge in [-0.3, -0.25) is 4.90 Å². The molecule has 4 heteroatoms. The fourth-order valence-electron chi connectivity index (χ4n) is 3.63. The molecule has 1 aliphatic carbocycles. The lowest BCUT2D eigenvalue weighted by atomic mass is 9.97. The van der Waals surface area contributed by atoms with Crippen molar-refractivity contribution in [3.05, 3.63) is 11.6 Å². The number of esters is 1. The van der Waals surface area contributed by atoms with Gasteiger partial charge in [0.05, 0.1) is 24.9 Å². The average molecular weight is 309 g/mol. The first-order chi connectivity index (χ1) is 10.3. The zero-order chi connectivity index (χ0) is 16.5. The Morgan fingerprint density at radius 1 is 1.32 bits per heavy atom. The molecule has 4 atom stereocenters. The molecule has 2 aliphatic rings. The van der Waals surface area contributed by atoms with Crippen molar-refractivity contribution in [2.75, 3.05) is 6.61 Å². The number of hydrogen-bond acceptors (Lipinski definition) is 4. The molecule has 0 bridgehead atoms. The first-order valence-corrected chi connectivity index (χ1v) is 8.65. The lowest BCUT2D eigenvalue weighted by Gasteiger charge is -2.26. The van der Waals surface area contributed by atoms with Gasteiger partial charge in [-0.25, -0.2) is 4.79 Å². The van der Waals surface area contributed by atoms with Gasteiger partial charge >= 0.3 is 5.97 Å². The maximum atomic E-state index is 12.1. The highest BCUT2D eigenvalue weighted by atomic mass is 16.5. The number of hydrogen-bond donors (Lipinski definition) is 0. The van der Waals surface area contributed by atoms with Gasteiger partial charge in [0.2, 0.25) is 0 Å². The van der Waals surface area contributed by atoms with Gasteiger partial charge < -0.3 is 9.47 Å². The Hall–Kier alpha value is -0.870. The van der Waals surface area contributed by atoms with Crippen LogP contribution in [0.1, 0.15) is 60.8 Å². The van der Waals surface area contributed by atoms with E-state index in [-0.39, 0.29) is 23.7 Å². The zero-order valence-corrected chi connectivity index (χ0v) is 14.9. The maximum absolute atomic E-state index is 12.1. The van der Waals surface area contributed by atoms with Crippen LogP contribution in [0, 0.1) is 0 Å². The lowest BCUT2D eigenvalue weighted by Crippen LogP contribution is -2.34. The molecule has 22 heavy (non-hydrogen) atoms. The SMILES string of the molecule is CCOC(=O)C1=C[C@@H](OC(CC)CC)[C@@H]2[C@@H](C1)N2C(C)(C)C. The molecule has 126 valence electrons. The van der Waals surface area contributed by atoms with Crippen LogP contribution in [0.2, 0.25) is 0 Å². The second-order valence-corrected chi connectivity index (χ2v) is 7.29. The molecule has 1 heterocycles. The zero-order valence-electron chi connectivity index (χ0n) is 14.9. The van der Waals surface area contributed by atoms with Crippen LogP contribution >= 0.6 is 0 Å². The van der Waals surface area contributed by atoms with E-state index in [2.05, 4.69) is 39.5 Å². The molecule has 1 aliphatic heterocycles. The van der Waals surface area contributed by atoms with Gasteiger partial charge in [0, 0.05) is 17.2 Å². The van der Waals surface area contributed by atoms with Crippen molar-refractivity contribution in [1.29, 1.82) is 0 Å². The van der Waals surface area contributed by atoms with Crippen LogP contribution in [-0.4, -0.2) is 47.3 Å². The highest BCUT2D eigenvalue weighted by Crippen LogP contribution is 2.47. The Bertz CT molecular complexity index is 434. The van der Waals surface area contributed by atoms with Crippen molar-refractivity contribution in [3.63, 3.8) is 0 Å². The molecular weight excluding hydrogens is 278 g/mol. The second kappa shape index (κ2) is 6.71. The fourth-order valence-corrected chi connectivity index (χ4v) is 3.63. The molecule has 0 spiro atoms. The first-order valence-electron chi connectivity index (χ1n) is 8.65. The summed E-state index contributed by atoms with van der Waals surface area (Å²) in [6.07, 6.45) is 5.06. The van der Waals surface area contributed by atoms with Crippen LogP contribution in [-0.2, 0) is 14.3 Å². The number of carbonyl (C=O) groups excluding carboxylic acids is 1. The molecular formula is C18H31NO3. The minimum atomic E-state index is -0.181. The smallest absolute Gasteiger partial charge is 0.333 e. The second-order valence-electron chi connectivity index (χ2n) is 7.29. The van der Waals surface area contributed by atoms with E-state index in [0.717, 1.165) is 24.8 Å². The lowest BCUT2D eigenvalue weighted by molar-refractivity contribution is -0.138. The molecule has 0 N–H and O–H groups in total. The maximum Gasteiger partial charge on any atom is 0.333 e. The molecule has 1 unspecified atom stereocenters. The standard InChI is InChI=1S/C18H31NO3/c1-7-13(8-2)22-15-11-12(17(20)21-9-3)10-14-16(15)19(14)18(4,5)6/h11,13-16H,7-10H2,1-6H3/t14-,15-,16+,19?/m1/s1. The molecule has 2 rings (SSSR count). The van der Waals surface area contributed by atoms with E-state index in [1.54, 1.807) is 0 Å². The topological polar surface area (TPSA) is 38.5 Å². The molecule has 0 saturated carbocycles. The van der Waals surface area contributed by atoms with Crippen molar-refractivity contribution >= 4 is 5.97 Å². The van der Waals surface area contributed by atoms with Crippen molar-refractivity contribution < 1.29 is 14.3 Å². The minimum absolute atomic E-state index is 0.00211. The predicted molar refractivity (Wildman–Crippen MR) is 87.7 cm³/mol. The van der Waals surface area contributed by atoms with E-state index >= 15 is 0 Å². The van der Waals surface area contributed by atoms with Gasteiger partial charge in [-0.15, -0.1) is 0 Å². The third kappa shape index (κ3) is 3.54. The number of fused-ring (bicyclic) bond motifs is 1. The summed E-state index contributed by atoms with van der Waals surface area (Å²) in [7, 11) is 0. The quantitative estimate of drug-likeness (QED) is 0.557. The van der Waals surface area contributed by atoms with Gasteiger partial charge in [0.15, 0.2) is 0 Å². The van der Waals surface area contributed by atoms with E-state index in [4.69, 9.17) is 9.47 Å². The predicted octanol–water partition coefficient (Wildman–Crippen LogP) is 3.30. The van der Waals surface area contributed by atoms with Crippen LogP contribution in [0.15, 0.2) is 11.6 Å². The Balaban J connectivity index is 2.17. The molecule has 1 saturated heterocycles. The van der Waals surface area contributed by atoms with Gasteiger partial charge in [0.1, 0.15) is 0 Å². The van der Waals surface area contributed by atoms with E-state index in [1.807, 2.05) is 13.0 Å². The van der Waals surface area contributed by atoms with Crippen molar-refractivity contribution in [2.45, 2.75) is 90.6 Å². The number of ether oxygens (including phenoxy) is 2. The summed E-state index contributed by atoms with van der Waals surface area (Å²) in [6.45, 7) is 13.3. The van der Waals surface area contributed by atoms with Crippen LogP contribution in [0.25, 0.3) is 0 Å². The van der Waals surface area contributed by atoms with Gasteiger partial charge in [-0.05, 0) is 53.0 Å². The monoisotopic (exact) mass is 309 g/mol. The Morgan fingerprint density at radius 3 is 2.45 bits per heavy atom. The summed E-state index contributed by atoms with van der Waals surface area (Å²) in [5.41, 5.74) is 0.883. The Labute approximate surface area is 134 Å². The summed E-state index contributed by atoms with van der Waals surface area (Å²) in [5, 5.41) is 0. The van der Waals surface area contributed by atoms with E-state index < -0.39 is 0 Å². The van der Waals surface area contributed by atoms with Crippen molar-refractivity contribution in [2.24, 2.45) is 0 Å². The van der Waals surface area contributed by atoms with Crippen LogP contribution in [0.3, 0.4) is 0 Å². The molecule has 0 aromatic carbocycles. The van der Waals surface area contributed by atoms with E-state index in [1.165, 1.54) is 0 Å². The van der Waals surface area contributed by atoms with Crippen molar-refractivity contribution in [1.82, 2.24) is 4.90 Å². The van der Waals surface area contributed by atoms with E-state index in [9.17, 15) is 4.79 Å². The summed E-state index contributed by atoms with van der Waals surface area (Å²) < 4.78 is 11.5. The van der Waals surface area contributed by atoms with Gasteiger partial charge in [-0.2, -0.15) is 0 Å². The number of rotatable bonds is 6. The van der Waals surface area contributed by atoms with Gasteiger partial charge in [-0.1, -0.05) is 13.8 Å². The molecule has 0 aromatic rings. The third-order valence-electron chi connectivity index (χ3n) is 4.69. The average Bonchev–Trinajstić information content (AvgIpc) is 3.19. The highest BCUT2D eigenvalue weighted by molar-refractivity contribution is 5.89. The molecule has 0 radical (unpaired) electrons. The van der Waals surface area contributed by atoms with Crippen LogP contribution < -0.4 is 0 Å². The highest BCUT2D eigenvalue weighted by Gasteiger charge is 2.59. The van der Waals surface area contributed by atoms with Crippen LogP contribution in [0.4, 0.5) is 0 Å². The molecule has 1 fully saturated rings. The summed E-state index contributed by atoms with van der Waals surface area (Å²) in [4.78, 5) is 14.6. The van der Waals surface area contributed by atoms with Gasteiger partial charge in [0.25, 0.3) is 0 Å². The minimum Gasteiger partial charge on any atom is -0.463 e. The Morgan fingerprint density at radius 2 is 1.95 bits per heavy atom. The summed E-state index contributed by atoms with van der Waals surface area (Å²) >= 11 is 0. The Kier molecular flexibility index (Phi) is 5.33. The molecule has 0 aromatic heterocycles. The first kappa shape index (κ1) is 17.5. The van der Waals surface area contributed by atoms with Crippen molar-refractivity contribution in [3.8, 4) is 0 Å². The summed E-state index contributed by atoms with van der Waals surface area (Å²) in [6, 6.07) is 0.808. The normalized spacial score (nSPS) is 30.8. The number of nitrogens with zero attached hydrogens (tertiary/aromatic N) is 1. The van der Waals surface area contributed by atoms with E-state index in [0.29, 0.717) is 18.7 Å². The fraction of sp³-hybridized carbons (Fsp3) is 0.833. The van der Waals surface area contributed by atoms with Crippen LogP contribution in [0.5, 0.6) is 0 Å².